The fourth-order valence-corrected chi connectivity index (χ4v) is 3.15. The maximum Gasteiger partial charge on any atom is 0.333 e. The number of benzene rings is 3. The summed E-state index contributed by atoms with van der Waals surface area (Å²) in [6, 6.07) is 19.2. The Labute approximate surface area is 205 Å². The Kier molecular flexibility index (Phi) is 8.79. The quantitative estimate of drug-likeness (QED) is 0.143. The summed E-state index contributed by atoms with van der Waals surface area (Å²) in [5.41, 5.74) is 3.11. The summed E-state index contributed by atoms with van der Waals surface area (Å²) in [4.78, 5) is 23.1. The molecule has 0 unspecified atom stereocenters. The van der Waals surface area contributed by atoms with Crippen LogP contribution in [0.25, 0.3) is 22.3 Å². The molecule has 0 saturated heterocycles. The van der Waals surface area contributed by atoms with Gasteiger partial charge in [-0.25, -0.2) is 9.18 Å². The Morgan fingerprint density at radius 1 is 0.857 bits per heavy atom. The zero-order chi connectivity index (χ0) is 25.4. The van der Waals surface area contributed by atoms with Gasteiger partial charge in [-0.3, -0.25) is 4.79 Å². The Morgan fingerprint density at radius 2 is 1.46 bits per heavy atom. The van der Waals surface area contributed by atoms with Gasteiger partial charge in [-0.2, -0.15) is 0 Å². The molecule has 0 aromatic heterocycles. The summed E-state index contributed by atoms with van der Waals surface area (Å²) in [6.45, 7) is 9.32. The van der Waals surface area contributed by atoms with Gasteiger partial charge in [-0.05, 0) is 53.9 Å². The summed E-state index contributed by atoms with van der Waals surface area (Å²) < 4.78 is 30.9. The molecule has 0 radical (unpaired) electrons. The van der Waals surface area contributed by atoms with Crippen LogP contribution in [0.3, 0.4) is 0 Å². The van der Waals surface area contributed by atoms with E-state index in [0.717, 1.165) is 16.7 Å². The zero-order valence-corrected chi connectivity index (χ0v) is 20.2. The number of ether oxygens (including phenoxy) is 3. The molecule has 0 aliphatic heterocycles. The van der Waals surface area contributed by atoms with Gasteiger partial charge < -0.3 is 14.2 Å². The normalized spacial score (nSPS) is 10.7. The number of esters is 2. The van der Waals surface area contributed by atoms with E-state index in [4.69, 9.17) is 14.2 Å². The first-order chi connectivity index (χ1) is 16.7. The van der Waals surface area contributed by atoms with Crippen molar-refractivity contribution in [3.05, 3.63) is 84.7 Å². The lowest BCUT2D eigenvalue weighted by Crippen LogP contribution is -2.14. The van der Waals surface area contributed by atoms with Crippen LogP contribution in [-0.2, 0) is 14.3 Å². The molecule has 182 valence electrons. The van der Waals surface area contributed by atoms with E-state index in [2.05, 4.69) is 6.58 Å². The first-order valence-electron chi connectivity index (χ1n) is 11.4. The van der Waals surface area contributed by atoms with E-state index in [0.29, 0.717) is 35.7 Å². The standard InChI is InChI=1S/C29H29FO5/c1-19(2)28(31)34-17-5-16-33-24-11-8-22(9-12-24)26-15-10-23(18-27(26)30)21-6-13-25(14-7-21)35-29(32)20(3)4/h6-15,18,20H,1,5,16-17H2,2-4H3. The van der Waals surface area contributed by atoms with Crippen molar-refractivity contribution < 1.29 is 28.2 Å². The third-order valence-corrected chi connectivity index (χ3v) is 5.15. The Bertz CT molecular complexity index is 1180. The van der Waals surface area contributed by atoms with E-state index >= 15 is 0 Å². The molecule has 0 bridgehead atoms. The molecule has 0 fully saturated rings. The lowest BCUT2D eigenvalue weighted by atomic mass is 9.99. The van der Waals surface area contributed by atoms with Gasteiger partial charge in [0.1, 0.15) is 17.3 Å². The predicted molar refractivity (Wildman–Crippen MR) is 134 cm³/mol. The molecule has 6 heteroatoms. The molecular formula is C29H29FO5. The third-order valence-electron chi connectivity index (χ3n) is 5.15. The highest BCUT2D eigenvalue weighted by Crippen LogP contribution is 2.30. The number of carbonyl (C=O) groups is 2. The Hall–Kier alpha value is -3.93. The largest absolute Gasteiger partial charge is 0.493 e. The fraction of sp³-hybridized carbons (Fsp3) is 0.241. The number of halogens is 1. The lowest BCUT2D eigenvalue weighted by Gasteiger charge is -2.10. The second-order valence-corrected chi connectivity index (χ2v) is 8.44. The van der Waals surface area contributed by atoms with Gasteiger partial charge in [0, 0.05) is 17.6 Å². The molecule has 0 aliphatic rings. The fourth-order valence-electron chi connectivity index (χ4n) is 3.15. The Balaban J connectivity index is 1.58. The summed E-state index contributed by atoms with van der Waals surface area (Å²) in [5, 5.41) is 0. The van der Waals surface area contributed by atoms with Crippen molar-refractivity contribution in [2.75, 3.05) is 13.2 Å². The molecule has 3 aromatic carbocycles. The number of hydrogen-bond donors (Lipinski definition) is 0. The van der Waals surface area contributed by atoms with Gasteiger partial charge in [0.15, 0.2) is 0 Å². The minimum Gasteiger partial charge on any atom is -0.493 e. The summed E-state index contributed by atoms with van der Waals surface area (Å²) in [6.07, 6.45) is 0.554. The third kappa shape index (κ3) is 7.27. The first kappa shape index (κ1) is 25.7. The number of carbonyl (C=O) groups excluding carboxylic acids is 2. The van der Waals surface area contributed by atoms with Crippen molar-refractivity contribution in [3.8, 4) is 33.8 Å². The van der Waals surface area contributed by atoms with E-state index in [1.165, 1.54) is 6.07 Å². The van der Waals surface area contributed by atoms with Crippen LogP contribution in [0.4, 0.5) is 4.39 Å². The molecule has 0 atom stereocenters. The maximum atomic E-state index is 14.9. The van der Waals surface area contributed by atoms with Crippen molar-refractivity contribution in [3.63, 3.8) is 0 Å². The van der Waals surface area contributed by atoms with Crippen LogP contribution >= 0.6 is 0 Å². The van der Waals surface area contributed by atoms with Gasteiger partial charge in [-0.15, -0.1) is 0 Å². The highest BCUT2D eigenvalue weighted by molar-refractivity contribution is 5.86. The maximum absolute atomic E-state index is 14.9. The van der Waals surface area contributed by atoms with Crippen molar-refractivity contribution in [2.24, 2.45) is 5.92 Å². The van der Waals surface area contributed by atoms with Crippen LogP contribution < -0.4 is 9.47 Å². The summed E-state index contributed by atoms with van der Waals surface area (Å²) >= 11 is 0. The smallest absolute Gasteiger partial charge is 0.333 e. The van der Waals surface area contributed by atoms with Crippen molar-refractivity contribution in [1.82, 2.24) is 0 Å². The molecule has 0 heterocycles. The summed E-state index contributed by atoms with van der Waals surface area (Å²) in [7, 11) is 0. The molecular weight excluding hydrogens is 447 g/mol. The molecule has 0 N–H and O–H groups in total. The highest BCUT2D eigenvalue weighted by Gasteiger charge is 2.11. The molecule has 0 spiro atoms. The van der Waals surface area contributed by atoms with Crippen LogP contribution in [0.2, 0.25) is 0 Å². The first-order valence-corrected chi connectivity index (χ1v) is 11.4. The molecule has 0 amide bonds. The topological polar surface area (TPSA) is 61.8 Å². The van der Waals surface area contributed by atoms with Crippen LogP contribution in [-0.4, -0.2) is 25.2 Å². The van der Waals surface area contributed by atoms with E-state index in [1.54, 1.807) is 75.4 Å². The molecule has 5 nitrogen and oxygen atoms in total. The molecule has 3 aromatic rings. The predicted octanol–water partition coefficient (Wildman–Crippen LogP) is 6.61. The van der Waals surface area contributed by atoms with Crippen LogP contribution in [0.5, 0.6) is 11.5 Å². The van der Waals surface area contributed by atoms with Gasteiger partial charge in [0.05, 0.1) is 19.1 Å². The second kappa shape index (κ2) is 12.0. The SMILES string of the molecule is C=C(C)C(=O)OCCCOc1ccc(-c2ccc(-c3ccc(OC(=O)C(C)C)cc3)cc2F)cc1. The average molecular weight is 477 g/mol. The van der Waals surface area contributed by atoms with Gasteiger partial charge >= 0.3 is 11.9 Å². The van der Waals surface area contributed by atoms with Crippen molar-refractivity contribution in [2.45, 2.75) is 27.2 Å². The van der Waals surface area contributed by atoms with Crippen LogP contribution in [0, 0.1) is 11.7 Å². The highest BCUT2D eigenvalue weighted by atomic mass is 19.1. The van der Waals surface area contributed by atoms with Gasteiger partial charge in [0.25, 0.3) is 0 Å². The number of rotatable bonds is 10. The van der Waals surface area contributed by atoms with Gasteiger partial charge in [0.2, 0.25) is 0 Å². The van der Waals surface area contributed by atoms with Crippen LogP contribution in [0.15, 0.2) is 78.9 Å². The molecule has 3 rings (SSSR count). The lowest BCUT2D eigenvalue weighted by molar-refractivity contribution is -0.139. The molecule has 0 saturated carbocycles. The van der Waals surface area contributed by atoms with E-state index in [1.807, 2.05) is 6.07 Å². The average Bonchev–Trinajstić information content (AvgIpc) is 2.84. The monoisotopic (exact) mass is 476 g/mol. The van der Waals surface area contributed by atoms with Gasteiger partial charge in [-0.1, -0.05) is 56.8 Å². The molecule has 35 heavy (non-hydrogen) atoms. The van der Waals surface area contributed by atoms with Crippen LogP contribution in [0.1, 0.15) is 27.2 Å². The van der Waals surface area contributed by atoms with E-state index in [9.17, 15) is 14.0 Å². The number of hydrogen-bond acceptors (Lipinski definition) is 5. The zero-order valence-electron chi connectivity index (χ0n) is 20.2. The molecule has 0 aliphatic carbocycles. The van der Waals surface area contributed by atoms with Crippen molar-refractivity contribution in [1.29, 1.82) is 0 Å². The minimum absolute atomic E-state index is 0.213. The Morgan fingerprint density at radius 3 is 2.06 bits per heavy atom. The van der Waals surface area contributed by atoms with E-state index in [-0.39, 0.29) is 24.3 Å². The minimum atomic E-state index is -0.411. The second-order valence-electron chi connectivity index (χ2n) is 8.44. The van der Waals surface area contributed by atoms with E-state index < -0.39 is 5.97 Å². The summed E-state index contributed by atoms with van der Waals surface area (Å²) in [5.74, 6) is -0.156. The van der Waals surface area contributed by atoms with Crippen molar-refractivity contribution >= 4 is 11.9 Å².